The second-order valence-corrected chi connectivity index (χ2v) is 6.28. The van der Waals surface area contributed by atoms with Gasteiger partial charge in [-0.15, -0.1) is 5.10 Å². The molecule has 0 saturated carbocycles. The molecule has 0 bridgehead atoms. The Morgan fingerprint density at radius 3 is 2.92 bits per heavy atom. The monoisotopic (exact) mass is 337 g/mol. The topological polar surface area (TPSA) is 90.5 Å². The lowest BCUT2D eigenvalue weighted by Crippen LogP contribution is -2.32. The number of carbonyl (C=O) groups is 1. The van der Waals surface area contributed by atoms with Crippen molar-refractivity contribution in [2.75, 3.05) is 0 Å². The lowest BCUT2D eigenvalue weighted by molar-refractivity contribution is -0.121. The lowest BCUT2D eigenvalue weighted by atomic mass is 9.93. The molecule has 1 atom stereocenters. The van der Waals surface area contributed by atoms with Crippen LogP contribution in [0, 0.1) is 0 Å². The molecule has 1 N–H and O–H groups in total. The quantitative estimate of drug-likeness (QED) is 0.771. The van der Waals surface area contributed by atoms with Gasteiger partial charge in [-0.2, -0.15) is 5.10 Å². The van der Waals surface area contributed by atoms with E-state index in [9.17, 15) is 4.79 Å². The summed E-state index contributed by atoms with van der Waals surface area (Å²) >= 11 is 0. The molecule has 25 heavy (non-hydrogen) atoms. The number of aromatic nitrogens is 6. The van der Waals surface area contributed by atoms with E-state index in [0.717, 1.165) is 36.1 Å². The van der Waals surface area contributed by atoms with Crippen molar-refractivity contribution < 1.29 is 4.79 Å². The summed E-state index contributed by atoms with van der Waals surface area (Å²) in [5.41, 5.74) is 4.19. The predicted octanol–water partition coefficient (Wildman–Crippen LogP) is 1.13. The lowest BCUT2D eigenvalue weighted by Gasteiger charge is -2.23. The Hall–Kier alpha value is -3.03. The first-order valence-corrected chi connectivity index (χ1v) is 8.33. The number of benzene rings is 1. The van der Waals surface area contributed by atoms with Crippen LogP contribution in [0.25, 0.3) is 5.69 Å². The van der Waals surface area contributed by atoms with E-state index in [-0.39, 0.29) is 11.9 Å². The molecular formula is C17H19N7O. The molecule has 2 aromatic heterocycles. The van der Waals surface area contributed by atoms with Gasteiger partial charge in [0.05, 0.1) is 24.3 Å². The second kappa shape index (κ2) is 6.46. The summed E-state index contributed by atoms with van der Waals surface area (Å²) in [4.78, 5) is 12.4. The molecule has 128 valence electrons. The zero-order chi connectivity index (χ0) is 17.2. The van der Waals surface area contributed by atoms with Gasteiger partial charge in [0, 0.05) is 18.3 Å². The van der Waals surface area contributed by atoms with Gasteiger partial charge in [-0.25, -0.2) is 4.68 Å². The molecule has 1 aliphatic rings. The maximum atomic E-state index is 12.4. The molecule has 8 nitrogen and oxygen atoms in total. The minimum atomic E-state index is 0.0249. The third-order valence-electron chi connectivity index (χ3n) is 4.63. The van der Waals surface area contributed by atoms with E-state index in [0.29, 0.717) is 6.42 Å². The second-order valence-electron chi connectivity index (χ2n) is 6.28. The average Bonchev–Trinajstić information content (AvgIpc) is 3.27. The van der Waals surface area contributed by atoms with Gasteiger partial charge in [0.25, 0.3) is 0 Å². The first-order chi connectivity index (χ1) is 12.2. The molecule has 0 fully saturated rings. The Morgan fingerprint density at radius 2 is 2.16 bits per heavy atom. The molecule has 2 heterocycles. The molecule has 8 heteroatoms. The van der Waals surface area contributed by atoms with Gasteiger partial charge in [-0.1, -0.05) is 12.1 Å². The number of nitrogens with zero attached hydrogens (tertiary/aromatic N) is 6. The van der Waals surface area contributed by atoms with Crippen molar-refractivity contribution in [2.24, 2.45) is 7.05 Å². The third-order valence-corrected chi connectivity index (χ3v) is 4.63. The van der Waals surface area contributed by atoms with Crippen LogP contribution in [-0.4, -0.2) is 35.9 Å². The Labute approximate surface area is 144 Å². The zero-order valence-corrected chi connectivity index (χ0v) is 14.0. The van der Waals surface area contributed by atoms with Crippen molar-refractivity contribution in [1.82, 2.24) is 35.3 Å². The van der Waals surface area contributed by atoms with Gasteiger partial charge in [0.15, 0.2) is 0 Å². The van der Waals surface area contributed by atoms with Crippen molar-refractivity contribution in [1.29, 1.82) is 0 Å². The van der Waals surface area contributed by atoms with Gasteiger partial charge >= 0.3 is 0 Å². The minimum Gasteiger partial charge on any atom is -0.349 e. The average molecular weight is 337 g/mol. The predicted molar refractivity (Wildman–Crippen MR) is 89.9 cm³/mol. The van der Waals surface area contributed by atoms with Gasteiger partial charge < -0.3 is 5.32 Å². The summed E-state index contributed by atoms with van der Waals surface area (Å²) in [6, 6.07) is 7.71. The normalized spacial score (nSPS) is 16.4. The standard InChI is InChI=1S/C17H19N7O/c1-23-16-4-2-3-15(14(16)10-19-23)20-17(25)9-12-5-7-13(8-6-12)24-11-18-21-22-24/h5-8,10-11,15H,2-4,9H2,1H3,(H,20,25)/t15-/m0/s1. The first kappa shape index (κ1) is 15.5. The van der Waals surface area contributed by atoms with Gasteiger partial charge in [-0.05, 0) is 47.4 Å². The first-order valence-electron chi connectivity index (χ1n) is 8.33. The van der Waals surface area contributed by atoms with E-state index in [1.54, 1.807) is 4.68 Å². The Bertz CT molecular complexity index is 867. The number of rotatable bonds is 4. The van der Waals surface area contributed by atoms with E-state index in [1.807, 2.05) is 42.2 Å². The summed E-state index contributed by atoms with van der Waals surface area (Å²) in [7, 11) is 1.95. The van der Waals surface area contributed by atoms with Crippen LogP contribution in [0.5, 0.6) is 0 Å². The number of hydrogen-bond acceptors (Lipinski definition) is 5. The van der Waals surface area contributed by atoms with E-state index in [4.69, 9.17) is 0 Å². The highest BCUT2D eigenvalue weighted by Crippen LogP contribution is 2.29. The zero-order valence-electron chi connectivity index (χ0n) is 14.0. The highest BCUT2D eigenvalue weighted by Gasteiger charge is 2.24. The maximum absolute atomic E-state index is 12.4. The molecule has 0 saturated heterocycles. The van der Waals surface area contributed by atoms with Crippen LogP contribution in [0.1, 0.15) is 35.7 Å². The van der Waals surface area contributed by atoms with Crippen molar-refractivity contribution in [3.63, 3.8) is 0 Å². The Morgan fingerprint density at radius 1 is 1.32 bits per heavy atom. The fourth-order valence-electron chi connectivity index (χ4n) is 3.33. The molecule has 0 radical (unpaired) electrons. The molecule has 1 amide bonds. The molecule has 0 unspecified atom stereocenters. The van der Waals surface area contributed by atoms with Crippen molar-refractivity contribution >= 4 is 5.91 Å². The number of fused-ring (bicyclic) bond motifs is 1. The van der Waals surface area contributed by atoms with Gasteiger partial charge in [0.2, 0.25) is 5.91 Å². The molecule has 0 aliphatic heterocycles. The number of tetrazole rings is 1. The molecule has 0 spiro atoms. The van der Waals surface area contributed by atoms with Crippen molar-refractivity contribution in [3.8, 4) is 5.69 Å². The van der Waals surface area contributed by atoms with Crippen LogP contribution in [0.2, 0.25) is 0 Å². The summed E-state index contributed by atoms with van der Waals surface area (Å²) in [5, 5.41) is 18.5. The van der Waals surface area contributed by atoms with Gasteiger partial charge in [-0.3, -0.25) is 9.48 Å². The highest BCUT2D eigenvalue weighted by molar-refractivity contribution is 5.79. The molecule has 4 rings (SSSR count). The summed E-state index contributed by atoms with van der Waals surface area (Å²) in [5.74, 6) is 0.0249. The van der Waals surface area contributed by atoms with Crippen LogP contribution in [0.3, 0.4) is 0 Å². The van der Waals surface area contributed by atoms with E-state index in [1.165, 1.54) is 12.0 Å². The van der Waals surface area contributed by atoms with E-state index < -0.39 is 0 Å². The largest absolute Gasteiger partial charge is 0.349 e. The van der Waals surface area contributed by atoms with Crippen molar-refractivity contribution in [2.45, 2.75) is 31.7 Å². The number of amides is 1. The highest BCUT2D eigenvalue weighted by atomic mass is 16.1. The van der Waals surface area contributed by atoms with Crippen LogP contribution >= 0.6 is 0 Å². The van der Waals surface area contributed by atoms with Gasteiger partial charge in [0.1, 0.15) is 6.33 Å². The Balaban J connectivity index is 1.41. The molecular weight excluding hydrogens is 318 g/mol. The summed E-state index contributed by atoms with van der Waals surface area (Å²) in [6.45, 7) is 0. The molecule has 1 aliphatic carbocycles. The molecule has 3 aromatic rings. The van der Waals surface area contributed by atoms with E-state index in [2.05, 4.69) is 25.9 Å². The third kappa shape index (κ3) is 3.15. The minimum absolute atomic E-state index is 0.0249. The number of nitrogens with one attached hydrogen (secondary N) is 1. The smallest absolute Gasteiger partial charge is 0.224 e. The fraction of sp³-hybridized carbons (Fsp3) is 0.353. The molecule has 1 aromatic carbocycles. The van der Waals surface area contributed by atoms with Crippen LogP contribution in [-0.2, 0) is 24.7 Å². The van der Waals surface area contributed by atoms with Crippen LogP contribution in [0.15, 0.2) is 36.8 Å². The van der Waals surface area contributed by atoms with Crippen molar-refractivity contribution in [3.05, 3.63) is 53.6 Å². The Kier molecular flexibility index (Phi) is 4.01. The maximum Gasteiger partial charge on any atom is 0.224 e. The van der Waals surface area contributed by atoms with Crippen LogP contribution < -0.4 is 5.32 Å². The summed E-state index contributed by atoms with van der Waals surface area (Å²) < 4.78 is 3.49. The number of aryl methyl sites for hydroxylation is 1. The SMILES string of the molecule is Cn1ncc2c1CCC[C@@H]2NC(=O)Cc1ccc(-n2cnnn2)cc1. The van der Waals surface area contributed by atoms with E-state index >= 15 is 0 Å². The number of carbonyl (C=O) groups excluding carboxylic acids is 1. The van der Waals surface area contributed by atoms with Crippen LogP contribution in [0.4, 0.5) is 0 Å². The summed E-state index contributed by atoms with van der Waals surface area (Å²) in [6.07, 6.45) is 6.82. The fourth-order valence-corrected chi connectivity index (χ4v) is 3.33. The number of hydrogen-bond donors (Lipinski definition) is 1.